The van der Waals surface area contributed by atoms with Gasteiger partial charge in [0.15, 0.2) is 0 Å². The minimum absolute atomic E-state index is 0.143. The number of aryl methyl sites for hydroxylation is 1. The molecule has 5 nitrogen and oxygen atoms in total. The molecule has 25 heavy (non-hydrogen) atoms. The third-order valence-corrected chi connectivity index (χ3v) is 4.11. The number of hydrogen-bond acceptors (Lipinski definition) is 5. The molecule has 1 atom stereocenters. The maximum Gasteiger partial charge on any atom is 0.141 e. The first kappa shape index (κ1) is 17.8. The van der Waals surface area contributed by atoms with Crippen LogP contribution in [-0.2, 0) is 11.3 Å². The summed E-state index contributed by atoms with van der Waals surface area (Å²) in [6.07, 6.45) is 1.21. The monoisotopic (exact) mass is 346 g/mol. The highest BCUT2D eigenvalue weighted by Gasteiger charge is 2.33. The standard InChI is InChI=1S/C19H23FN2O3/c1-15-3-2-4-18(9-15)25-14-19(23)12-22(7-8-24-13-19)11-17-6-5-16(20)10-21-17/h2-6,9-10,23H,7-8,11-14H2,1H3/t19-/m1/s1. The Labute approximate surface area is 147 Å². The zero-order valence-electron chi connectivity index (χ0n) is 14.3. The molecule has 1 N–H and O–H groups in total. The third-order valence-electron chi connectivity index (χ3n) is 4.11. The minimum Gasteiger partial charge on any atom is -0.490 e. The summed E-state index contributed by atoms with van der Waals surface area (Å²) in [6, 6.07) is 10.8. The number of halogens is 1. The van der Waals surface area contributed by atoms with Crippen LogP contribution in [0.3, 0.4) is 0 Å². The molecule has 2 aromatic rings. The van der Waals surface area contributed by atoms with Crippen molar-refractivity contribution in [3.8, 4) is 5.75 Å². The van der Waals surface area contributed by atoms with Gasteiger partial charge >= 0.3 is 0 Å². The highest BCUT2D eigenvalue weighted by atomic mass is 19.1. The number of rotatable bonds is 5. The highest BCUT2D eigenvalue weighted by molar-refractivity contribution is 5.27. The lowest BCUT2D eigenvalue weighted by Gasteiger charge is -2.30. The van der Waals surface area contributed by atoms with E-state index in [1.807, 2.05) is 36.1 Å². The van der Waals surface area contributed by atoms with Crippen molar-refractivity contribution in [1.82, 2.24) is 9.88 Å². The van der Waals surface area contributed by atoms with Crippen molar-refractivity contribution in [1.29, 1.82) is 0 Å². The van der Waals surface area contributed by atoms with Crippen molar-refractivity contribution in [3.63, 3.8) is 0 Å². The van der Waals surface area contributed by atoms with Crippen LogP contribution in [-0.4, -0.2) is 53.5 Å². The maximum absolute atomic E-state index is 13.0. The van der Waals surface area contributed by atoms with Crippen LogP contribution in [0, 0.1) is 12.7 Å². The summed E-state index contributed by atoms with van der Waals surface area (Å²) in [5.41, 5.74) is 0.746. The number of nitrogens with zero attached hydrogens (tertiary/aromatic N) is 2. The molecule has 1 saturated heterocycles. The summed E-state index contributed by atoms with van der Waals surface area (Å²) in [7, 11) is 0. The van der Waals surface area contributed by atoms with E-state index in [9.17, 15) is 9.50 Å². The van der Waals surface area contributed by atoms with Crippen LogP contribution in [0.15, 0.2) is 42.6 Å². The van der Waals surface area contributed by atoms with Crippen LogP contribution >= 0.6 is 0 Å². The normalized spacial score (nSPS) is 21.7. The summed E-state index contributed by atoms with van der Waals surface area (Å²) in [5, 5.41) is 10.9. The molecule has 2 heterocycles. The molecule has 1 aliphatic heterocycles. The molecule has 0 saturated carbocycles. The van der Waals surface area contributed by atoms with E-state index in [0.29, 0.717) is 26.2 Å². The van der Waals surface area contributed by atoms with Gasteiger partial charge in [0.25, 0.3) is 0 Å². The largest absolute Gasteiger partial charge is 0.490 e. The van der Waals surface area contributed by atoms with Crippen LogP contribution in [0.25, 0.3) is 0 Å². The Balaban J connectivity index is 1.62. The van der Waals surface area contributed by atoms with Crippen molar-refractivity contribution in [2.24, 2.45) is 0 Å². The van der Waals surface area contributed by atoms with Crippen LogP contribution in [0.2, 0.25) is 0 Å². The summed E-state index contributed by atoms with van der Waals surface area (Å²) >= 11 is 0. The molecule has 0 aliphatic carbocycles. The molecule has 3 rings (SSSR count). The van der Waals surface area contributed by atoms with Gasteiger partial charge in [-0.1, -0.05) is 12.1 Å². The molecular formula is C19H23FN2O3. The number of aliphatic hydroxyl groups is 1. The molecule has 0 bridgehead atoms. The van der Waals surface area contributed by atoms with E-state index >= 15 is 0 Å². The Morgan fingerprint density at radius 3 is 3.00 bits per heavy atom. The van der Waals surface area contributed by atoms with Crippen LogP contribution < -0.4 is 4.74 Å². The van der Waals surface area contributed by atoms with Gasteiger partial charge in [-0.05, 0) is 36.8 Å². The van der Waals surface area contributed by atoms with E-state index in [2.05, 4.69) is 4.98 Å². The molecular weight excluding hydrogens is 323 g/mol. The number of ether oxygens (including phenoxy) is 2. The lowest BCUT2D eigenvalue weighted by atomic mass is 10.1. The molecule has 6 heteroatoms. The van der Waals surface area contributed by atoms with Crippen molar-refractivity contribution in [2.45, 2.75) is 19.1 Å². The van der Waals surface area contributed by atoms with Gasteiger partial charge in [0.2, 0.25) is 0 Å². The van der Waals surface area contributed by atoms with Crippen molar-refractivity contribution >= 4 is 0 Å². The summed E-state index contributed by atoms with van der Waals surface area (Å²) in [4.78, 5) is 6.13. The Kier molecular flexibility index (Phi) is 5.63. The lowest BCUT2D eigenvalue weighted by molar-refractivity contribution is -0.0647. The fourth-order valence-corrected chi connectivity index (χ4v) is 2.87. The van der Waals surface area contributed by atoms with Gasteiger partial charge in [0, 0.05) is 19.6 Å². The Morgan fingerprint density at radius 2 is 2.24 bits per heavy atom. The van der Waals surface area contributed by atoms with E-state index in [0.717, 1.165) is 17.0 Å². The number of pyridine rings is 1. The Bertz CT molecular complexity index is 695. The second-order valence-corrected chi connectivity index (χ2v) is 6.56. The molecule has 1 aliphatic rings. The summed E-state index contributed by atoms with van der Waals surface area (Å²) in [5.74, 6) is 0.371. The smallest absolute Gasteiger partial charge is 0.141 e. The van der Waals surface area contributed by atoms with Gasteiger partial charge in [-0.3, -0.25) is 9.88 Å². The first-order valence-corrected chi connectivity index (χ1v) is 8.35. The predicted molar refractivity (Wildman–Crippen MR) is 91.9 cm³/mol. The average Bonchev–Trinajstić information content (AvgIpc) is 2.77. The Hall–Kier alpha value is -2.02. The van der Waals surface area contributed by atoms with E-state index in [1.54, 1.807) is 6.07 Å². The summed E-state index contributed by atoms with van der Waals surface area (Å²) in [6.45, 7) is 4.47. The van der Waals surface area contributed by atoms with Gasteiger partial charge in [-0.25, -0.2) is 4.39 Å². The second kappa shape index (κ2) is 7.91. The fraction of sp³-hybridized carbons (Fsp3) is 0.421. The number of hydrogen-bond donors (Lipinski definition) is 1. The minimum atomic E-state index is -1.11. The molecule has 1 aromatic heterocycles. The fourth-order valence-electron chi connectivity index (χ4n) is 2.87. The van der Waals surface area contributed by atoms with E-state index in [4.69, 9.17) is 9.47 Å². The first-order chi connectivity index (χ1) is 12.0. The van der Waals surface area contributed by atoms with Gasteiger partial charge < -0.3 is 14.6 Å². The van der Waals surface area contributed by atoms with Crippen LogP contribution in [0.4, 0.5) is 4.39 Å². The van der Waals surface area contributed by atoms with Crippen LogP contribution in [0.5, 0.6) is 5.75 Å². The van der Waals surface area contributed by atoms with E-state index in [-0.39, 0.29) is 19.0 Å². The Morgan fingerprint density at radius 1 is 1.36 bits per heavy atom. The quantitative estimate of drug-likeness (QED) is 0.899. The van der Waals surface area contributed by atoms with Gasteiger partial charge in [0.05, 0.1) is 25.1 Å². The zero-order chi connectivity index (χ0) is 17.7. The molecule has 134 valence electrons. The average molecular weight is 346 g/mol. The van der Waals surface area contributed by atoms with E-state index < -0.39 is 5.60 Å². The molecule has 0 amide bonds. The van der Waals surface area contributed by atoms with E-state index in [1.165, 1.54) is 12.3 Å². The molecule has 1 fully saturated rings. The molecule has 0 spiro atoms. The van der Waals surface area contributed by atoms with Gasteiger partial charge in [-0.2, -0.15) is 0 Å². The lowest BCUT2D eigenvalue weighted by Crippen LogP contribution is -2.48. The third kappa shape index (κ3) is 5.22. The maximum atomic E-state index is 13.0. The topological polar surface area (TPSA) is 54.8 Å². The van der Waals surface area contributed by atoms with Crippen molar-refractivity contribution in [2.75, 3.05) is 32.9 Å². The predicted octanol–water partition coefficient (Wildman–Crippen LogP) is 2.17. The van der Waals surface area contributed by atoms with Crippen LogP contribution in [0.1, 0.15) is 11.3 Å². The van der Waals surface area contributed by atoms with Gasteiger partial charge in [-0.15, -0.1) is 0 Å². The van der Waals surface area contributed by atoms with Gasteiger partial charge in [0.1, 0.15) is 23.8 Å². The molecule has 0 unspecified atom stereocenters. The summed E-state index contributed by atoms with van der Waals surface area (Å²) < 4.78 is 24.3. The molecule has 1 aromatic carbocycles. The first-order valence-electron chi connectivity index (χ1n) is 8.35. The number of aromatic nitrogens is 1. The van der Waals surface area contributed by atoms with Crippen molar-refractivity contribution in [3.05, 3.63) is 59.7 Å². The number of β-amino-alcohol motifs (C(OH)–C–C–N with tert-alkyl or cyclic N) is 1. The highest BCUT2D eigenvalue weighted by Crippen LogP contribution is 2.18. The molecule has 0 radical (unpaired) electrons. The van der Waals surface area contributed by atoms with Crippen molar-refractivity contribution < 1.29 is 19.0 Å². The number of benzene rings is 1. The SMILES string of the molecule is Cc1cccc(OC[C@]2(O)COCCN(Cc3ccc(F)cn3)C2)c1. The zero-order valence-corrected chi connectivity index (χ0v) is 14.3. The second-order valence-electron chi connectivity index (χ2n) is 6.56.